The Morgan fingerprint density at radius 3 is 1.06 bits per heavy atom. The van der Waals surface area contributed by atoms with E-state index in [1.165, 1.54) is 66.1 Å². The number of nitrogens with zero attached hydrogens (tertiary/aromatic N) is 1. The molecular formula is C62H43N. The Bertz CT molecular complexity index is 3290. The van der Waals surface area contributed by atoms with E-state index in [0.717, 1.165) is 39.3 Å². The molecule has 0 N–H and O–H groups in total. The molecule has 0 spiro atoms. The predicted molar refractivity (Wildman–Crippen MR) is 269 cm³/mol. The van der Waals surface area contributed by atoms with Crippen LogP contribution in [0.5, 0.6) is 0 Å². The monoisotopic (exact) mass is 801 g/mol. The Labute approximate surface area is 369 Å². The number of para-hydroxylation sites is 1. The lowest BCUT2D eigenvalue weighted by molar-refractivity contribution is 1.29. The highest BCUT2D eigenvalue weighted by Gasteiger charge is 2.25. The zero-order chi connectivity index (χ0) is 42.0. The number of anilines is 3. The van der Waals surface area contributed by atoms with Crippen molar-refractivity contribution in [3.8, 4) is 66.8 Å². The van der Waals surface area contributed by atoms with Crippen molar-refractivity contribution >= 4 is 38.6 Å². The van der Waals surface area contributed by atoms with Crippen LogP contribution in [-0.4, -0.2) is 0 Å². The first-order valence-corrected chi connectivity index (χ1v) is 21.7. The van der Waals surface area contributed by atoms with Crippen LogP contribution >= 0.6 is 0 Å². The SMILES string of the molecule is c1ccc(-c2ccc(N(c3ccc4c(-c5ccccc5)c(-c5ccccc5)c5ccccc5c4c3)c3c(-c4ccccc4)cccc3-c3ccccc3)cc2-c2ccccc2)cc1. The first-order chi connectivity index (χ1) is 31.3. The van der Waals surface area contributed by atoms with Gasteiger partial charge in [-0.25, -0.2) is 0 Å². The van der Waals surface area contributed by atoms with Gasteiger partial charge < -0.3 is 4.90 Å². The summed E-state index contributed by atoms with van der Waals surface area (Å²) in [7, 11) is 0. The second-order valence-corrected chi connectivity index (χ2v) is 16.0. The lowest BCUT2D eigenvalue weighted by Crippen LogP contribution is -2.13. The Kier molecular flexibility index (Phi) is 9.97. The maximum Gasteiger partial charge on any atom is 0.0618 e. The van der Waals surface area contributed by atoms with Gasteiger partial charge in [-0.2, -0.15) is 0 Å². The van der Waals surface area contributed by atoms with Gasteiger partial charge in [0.1, 0.15) is 0 Å². The summed E-state index contributed by atoms with van der Waals surface area (Å²) in [4.78, 5) is 2.51. The zero-order valence-electron chi connectivity index (χ0n) is 34.8. The minimum atomic E-state index is 1.07. The summed E-state index contributed by atoms with van der Waals surface area (Å²) in [5.41, 5.74) is 17.5. The molecule has 1 heteroatoms. The van der Waals surface area contributed by atoms with Crippen LogP contribution in [0.1, 0.15) is 0 Å². The zero-order valence-corrected chi connectivity index (χ0v) is 34.8. The molecule has 0 atom stereocenters. The van der Waals surface area contributed by atoms with Crippen LogP contribution in [0, 0.1) is 0 Å². The van der Waals surface area contributed by atoms with Gasteiger partial charge in [-0.05, 0) is 101 Å². The van der Waals surface area contributed by atoms with Crippen molar-refractivity contribution in [2.45, 2.75) is 0 Å². The average molecular weight is 802 g/mol. The molecular weight excluding hydrogens is 759 g/mol. The van der Waals surface area contributed by atoms with Gasteiger partial charge in [-0.1, -0.05) is 237 Å². The van der Waals surface area contributed by atoms with Crippen molar-refractivity contribution in [3.63, 3.8) is 0 Å². The van der Waals surface area contributed by atoms with Gasteiger partial charge in [-0.15, -0.1) is 0 Å². The Hall–Kier alpha value is -8.26. The molecule has 1 nitrogen and oxygen atoms in total. The summed E-state index contributed by atoms with van der Waals surface area (Å²) < 4.78 is 0. The molecule has 0 bridgehead atoms. The topological polar surface area (TPSA) is 3.24 Å². The molecule has 0 amide bonds. The normalized spacial score (nSPS) is 11.2. The van der Waals surface area contributed by atoms with E-state index >= 15 is 0 Å². The molecule has 11 rings (SSSR count). The smallest absolute Gasteiger partial charge is 0.0618 e. The van der Waals surface area contributed by atoms with Gasteiger partial charge in [-0.3, -0.25) is 0 Å². The molecule has 0 aliphatic carbocycles. The maximum absolute atomic E-state index is 2.51. The average Bonchev–Trinajstić information content (AvgIpc) is 3.37. The molecule has 0 saturated carbocycles. The third-order valence-corrected chi connectivity index (χ3v) is 12.3. The van der Waals surface area contributed by atoms with Crippen molar-refractivity contribution in [1.82, 2.24) is 0 Å². The third-order valence-electron chi connectivity index (χ3n) is 12.3. The molecule has 0 fully saturated rings. The quantitative estimate of drug-likeness (QED) is 0.131. The first-order valence-electron chi connectivity index (χ1n) is 21.7. The summed E-state index contributed by atoms with van der Waals surface area (Å²) in [6.45, 7) is 0. The van der Waals surface area contributed by atoms with Crippen LogP contribution in [0.2, 0.25) is 0 Å². The van der Waals surface area contributed by atoms with Crippen LogP contribution in [0.25, 0.3) is 88.3 Å². The van der Waals surface area contributed by atoms with Gasteiger partial charge in [0.05, 0.1) is 5.69 Å². The molecule has 63 heavy (non-hydrogen) atoms. The van der Waals surface area contributed by atoms with Gasteiger partial charge in [0.2, 0.25) is 0 Å². The molecule has 0 aromatic heterocycles. The Morgan fingerprint density at radius 2 is 0.571 bits per heavy atom. The summed E-state index contributed by atoms with van der Waals surface area (Å²) in [6.07, 6.45) is 0. The predicted octanol–water partition coefficient (Wildman–Crippen LogP) is 17.5. The number of hydrogen-bond donors (Lipinski definition) is 0. The van der Waals surface area contributed by atoms with Crippen molar-refractivity contribution < 1.29 is 0 Å². The Balaban J connectivity index is 1.26. The summed E-state index contributed by atoms with van der Waals surface area (Å²) in [6, 6.07) is 94.8. The second kappa shape index (κ2) is 16.7. The maximum atomic E-state index is 2.51. The van der Waals surface area contributed by atoms with E-state index in [9.17, 15) is 0 Å². The Morgan fingerprint density at radius 1 is 0.206 bits per heavy atom. The molecule has 0 aliphatic heterocycles. The van der Waals surface area contributed by atoms with E-state index in [-0.39, 0.29) is 0 Å². The molecule has 11 aromatic carbocycles. The highest BCUT2D eigenvalue weighted by molar-refractivity contribution is 6.22. The summed E-state index contributed by atoms with van der Waals surface area (Å²) in [5.74, 6) is 0. The molecule has 0 radical (unpaired) electrons. The fraction of sp³-hybridized carbons (Fsp3) is 0. The summed E-state index contributed by atoms with van der Waals surface area (Å²) >= 11 is 0. The number of rotatable bonds is 9. The third kappa shape index (κ3) is 7.06. The molecule has 0 heterocycles. The van der Waals surface area contributed by atoms with Crippen molar-refractivity contribution in [2.75, 3.05) is 4.90 Å². The van der Waals surface area contributed by atoms with Crippen LogP contribution in [0.3, 0.4) is 0 Å². The fourth-order valence-corrected chi connectivity index (χ4v) is 9.42. The van der Waals surface area contributed by atoms with E-state index in [1.807, 2.05) is 0 Å². The van der Waals surface area contributed by atoms with Gasteiger partial charge in [0.25, 0.3) is 0 Å². The lowest BCUT2D eigenvalue weighted by atomic mass is 9.84. The van der Waals surface area contributed by atoms with Crippen LogP contribution < -0.4 is 4.90 Å². The van der Waals surface area contributed by atoms with E-state index < -0.39 is 0 Å². The number of fused-ring (bicyclic) bond motifs is 3. The van der Waals surface area contributed by atoms with Crippen LogP contribution in [-0.2, 0) is 0 Å². The van der Waals surface area contributed by atoms with Gasteiger partial charge in [0.15, 0.2) is 0 Å². The summed E-state index contributed by atoms with van der Waals surface area (Å²) in [5, 5.41) is 4.87. The van der Waals surface area contributed by atoms with Gasteiger partial charge in [0, 0.05) is 22.5 Å². The largest absolute Gasteiger partial charge is 0.309 e. The number of hydrogen-bond acceptors (Lipinski definition) is 1. The highest BCUT2D eigenvalue weighted by Crippen LogP contribution is 2.51. The standard InChI is InChI=1S/C62H43N/c1-7-22-44(23-8-1)52-40-38-50(42-58(52)47-28-13-4-14-29-47)63(62-53(45-24-9-2-10-25-45)36-21-37-54(62)46-26-11-3-12-27-46)51-39-41-57-59(43-51)55-34-19-20-35-56(55)60(48-30-15-5-16-31-48)61(57)49-32-17-6-18-33-49/h1-43H. The lowest BCUT2D eigenvalue weighted by Gasteiger charge is -2.32. The molecule has 11 aromatic rings. The van der Waals surface area contributed by atoms with Crippen molar-refractivity contribution in [3.05, 3.63) is 261 Å². The fourth-order valence-electron chi connectivity index (χ4n) is 9.42. The van der Waals surface area contributed by atoms with Crippen LogP contribution in [0.15, 0.2) is 261 Å². The van der Waals surface area contributed by atoms with Gasteiger partial charge >= 0.3 is 0 Å². The molecule has 0 aliphatic rings. The van der Waals surface area contributed by atoms with Crippen molar-refractivity contribution in [2.24, 2.45) is 0 Å². The minimum absolute atomic E-state index is 1.07. The highest BCUT2D eigenvalue weighted by atomic mass is 15.1. The molecule has 0 unspecified atom stereocenters. The van der Waals surface area contributed by atoms with E-state index in [1.54, 1.807) is 0 Å². The van der Waals surface area contributed by atoms with E-state index in [2.05, 4.69) is 266 Å². The molecule has 296 valence electrons. The van der Waals surface area contributed by atoms with E-state index in [4.69, 9.17) is 0 Å². The first kappa shape index (κ1) is 37.7. The number of benzene rings is 11. The van der Waals surface area contributed by atoms with E-state index in [0.29, 0.717) is 0 Å². The molecule has 0 saturated heterocycles. The minimum Gasteiger partial charge on any atom is -0.309 e. The van der Waals surface area contributed by atoms with Crippen molar-refractivity contribution in [1.29, 1.82) is 0 Å². The van der Waals surface area contributed by atoms with Crippen LogP contribution in [0.4, 0.5) is 17.1 Å². The second-order valence-electron chi connectivity index (χ2n) is 16.0.